The molecule has 0 bridgehead atoms. The molecule has 3 nitrogen and oxygen atoms in total. The Morgan fingerprint density at radius 3 is 2.74 bits per heavy atom. The number of aliphatic hydroxyl groups excluding tert-OH is 1. The zero-order chi connectivity index (χ0) is 13.7. The minimum atomic E-state index is -0.455. The molecule has 0 spiro atoms. The smallest absolute Gasteiger partial charge is 0.119 e. The van der Waals surface area contributed by atoms with E-state index in [2.05, 4.69) is 19.2 Å². The largest absolute Gasteiger partial charge is 0.491 e. The molecule has 1 aliphatic carbocycles. The van der Waals surface area contributed by atoms with Gasteiger partial charge in [0.05, 0.1) is 0 Å². The summed E-state index contributed by atoms with van der Waals surface area (Å²) in [5.74, 6) is 0.809. The molecule has 2 N–H and O–H groups in total. The summed E-state index contributed by atoms with van der Waals surface area (Å²) in [6.07, 6.45) is 3.21. The Balaban J connectivity index is 1.64. The first-order valence-electron chi connectivity index (χ1n) is 7.14. The summed E-state index contributed by atoms with van der Waals surface area (Å²) in [4.78, 5) is 0. The van der Waals surface area contributed by atoms with Gasteiger partial charge < -0.3 is 15.2 Å². The SMILES string of the molecule is CC1(C)CCC(NCC(O)COc2ccccc2)C1. The quantitative estimate of drug-likeness (QED) is 0.829. The van der Waals surface area contributed by atoms with Crippen molar-refractivity contribution in [3.63, 3.8) is 0 Å². The standard InChI is InChI=1S/C16H25NO2/c1-16(2)9-8-13(10-16)17-11-14(18)12-19-15-6-4-3-5-7-15/h3-7,13-14,17-18H,8-12H2,1-2H3. The Labute approximate surface area is 116 Å². The molecule has 0 heterocycles. The lowest BCUT2D eigenvalue weighted by molar-refractivity contribution is 0.103. The van der Waals surface area contributed by atoms with Crippen LogP contribution in [0.1, 0.15) is 33.1 Å². The van der Waals surface area contributed by atoms with Crippen molar-refractivity contribution in [1.29, 1.82) is 0 Å². The summed E-state index contributed by atoms with van der Waals surface area (Å²) in [6.45, 7) is 5.56. The summed E-state index contributed by atoms with van der Waals surface area (Å²) in [5, 5.41) is 13.4. The molecule has 106 valence electrons. The molecule has 19 heavy (non-hydrogen) atoms. The van der Waals surface area contributed by atoms with Crippen LogP contribution in [-0.2, 0) is 0 Å². The van der Waals surface area contributed by atoms with Crippen LogP contribution >= 0.6 is 0 Å². The van der Waals surface area contributed by atoms with E-state index in [1.165, 1.54) is 19.3 Å². The Morgan fingerprint density at radius 2 is 2.11 bits per heavy atom. The van der Waals surface area contributed by atoms with Gasteiger partial charge in [-0.2, -0.15) is 0 Å². The molecule has 2 rings (SSSR count). The van der Waals surface area contributed by atoms with E-state index in [9.17, 15) is 5.11 Å². The highest BCUT2D eigenvalue weighted by Gasteiger charge is 2.30. The van der Waals surface area contributed by atoms with Gasteiger partial charge >= 0.3 is 0 Å². The number of ether oxygens (including phenoxy) is 1. The fourth-order valence-corrected chi connectivity index (χ4v) is 2.68. The highest BCUT2D eigenvalue weighted by Crippen LogP contribution is 2.36. The second kappa shape index (κ2) is 6.40. The second-order valence-corrected chi connectivity index (χ2v) is 6.29. The zero-order valence-electron chi connectivity index (χ0n) is 11.9. The van der Waals surface area contributed by atoms with Crippen LogP contribution < -0.4 is 10.1 Å². The number of benzene rings is 1. The lowest BCUT2D eigenvalue weighted by Crippen LogP contribution is -2.37. The predicted octanol–water partition coefficient (Wildman–Crippen LogP) is 2.59. The van der Waals surface area contributed by atoms with Gasteiger partial charge in [0.1, 0.15) is 18.5 Å². The van der Waals surface area contributed by atoms with Crippen LogP contribution in [0, 0.1) is 5.41 Å². The third-order valence-corrected chi connectivity index (χ3v) is 3.80. The van der Waals surface area contributed by atoms with Crippen molar-refractivity contribution in [3.05, 3.63) is 30.3 Å². The maximum atomic E-state index is 9.91. The predicted molar refractivity (Wildman–Crippen MR) is 77.4 cm³/mol. The van der Waals surface area contributed by atoms with E-state index in [0.717, 1.165) is 5.75 Å². The van der Waals surface area contributed by atoms with Crippen LogP contribution in [0.5, 0.6) is 5.75 Å². The molecule has 0 aliphatic heterocycles. The molecule has 0 aromatic heterocycles. The van der Waals surface area contributed by atoms with E-state index in [1.807, 2.05) is 30.3 Å². The highest BCUT2D eigenvalue weighted by atomic mass is 16.5. The number of rotatable bonds is 6. The normalized spacial score (nSPS) is 23.2. The molecule has 1 fully saturated rings. The van der Waals surface area contributed by atoms with E-state index in [1.54, 1.807) is 0 Å². The molecule has 2 unspecified atom stereocenters. The van der Waals surface area contributed by atoms with Gasteiger partial charge in [0.25, 0.3) is 0 Å². The Morgan fingerprint density at radius 1 is 1.37 bits per heavy atom. The topological polar surface area (TPSA) is 41.5 Å². The summed E-state index contributed by atoms with van der Waals surface area (Å²) in [7, 11) is 0. The number of nitrogens with one attached hydrogen (secondary N) is 1. The molecule has 1 aromatic carbocycles. The summed E-state index contributed by atoms with van der Waals surface area (Å²) in [5.41, 5.74) is 0.448. The molecule has 1 saturated carbocycles. The minimum absolute atomic E-state index is 0.340. The highest BCUT2D eigenvalue weighted by molar-refractivity contribution is 5.20. The molecule has 0 amide bonds. The lowest BCUT2D eigenvalue weighted by atomic mass is 9.92. The number of aliphatic hydroxyl groups is 1. The van der Waals surface area contributed by atoms with E-state index in [4.69, 9.17) is 4.74 Å². The number of hydrogen-bond donors (Lipinski definition) is 2. The fraction of sp³-hybridized carbons (Fsp3) is 0.625. The molecule has 0 saturated heterocycles. The second-order valence-electron chi connectivity index (χ2n) is 6.29. The fourth-order valence-electron chi connectivity index (χ4n) is 2.68. The monoisotopic (exact) mass is 263 g/mol. The average molecular weight is 263 g/mol. The lowest BCUT2D eigenvalue weighted by Gasteiger charge is -2.19. The Hall–Kier alpha value is -1.06. The third-order valence-electron chi connectivity index (χ3n) is 3.80. The van der Waals surface area contributed by atoms with Gasteiger partial charge in [-0.05, 0) is 36.8 Å². The van der Waals surface area contributed by atoms with Crippen LogP contribution in [0.3, 0.4) is 0 Å². The Kier molecular flexibility index (Phi) is 4.83. The number of para-hydroxylation sites is 1. The summed E-state index contributed by atoms with van der Waals surface area (Å²) < 4.78 is 5.53. The van der Waals surface area contributed by atoms with Crippen LogP contribution in [0.15, 0.2) is 30.3 Å². The molecular formula is C16H25NO2. The van der Waals surface area contributed by atoms with Crippen molar-refractivity contribution in [1.82, 2.24) is 5.32 Å². The molecule has 0 radical (unpaired) electrons. The molecule has 1 aliphatic rings. The first-order valence-corrected chi connectivity index (χ1v) is 7.14. The van der Waals surface area contributed by atoms with Crippen LogP contribution in [0.2, 0.25) is 0 Å². The van der Waals surface area contributed by atoms with Gasteiger partial charge in [0.2, 0.25) is 0 Å². The summed E-state index contributed by atoms with van der Waals surface area (Å²) in [6, 6.07) is 10.2. The Bertz CT molecular complexity index is 378. The van der Waals surface area contributed by atoms with E-state index in [-0.39, 0.29) is 0 Å². The van der Waals surface area contributed by atoms with Crippen LogP contribution in [0.25, 0.3) is 0 Å². The molecular weight excluding hydrogens is 238 g/mol. The molecule has 1 aromatic rings. The number of hydrogen-bond acceptors (Lipinski definition) is 3. The van der Waals surface area contributed by atoms with Crippen molar-refractivity contribution in [2.75, 3.05) is 13.2 Å². The van der Waals surface area contributed by atoms with Gasteiger partial charge in [-0.15, -0.1) is 0 Å². The van der Waals surface area contributed by atoms with E-state index < -0.39 is 6.10 Å². The van der Waals surface area contributed by atoms with Crippen molar-refractivity contribution < 1.29 is 9.84 Å². The molecule has 2 atom stereocenters. The van der Waals surface area contributed by atoms with E-state index >= 15 is 0 Å². The molecule has 3 heteroatoms. The van der Waals surface area contributed by atoms with Gasteiger partial charge in [0, 0.05) is 12.6 Å². The van der Waals surface area contributed by atoms with Gasteiger partial charge in [0.15, 0.2) is 0 Å². The van der Waals surface area contributed by atoms with E-state index in [0.29, 0.717) is 24.6 Å². The van der Waals surface area contributed by atoms with Gasteiger partial charge in [-0.1, -0.05) is 32.0 Å². The first kappa shape index (κ1) is 14.4. The van der Waals surface area contributed by atoms with Crippen molar-refractivity contribution in [2.24, 2.45) is 5.41 Å². The van der Waals surface area contributed by atoms with Crippen molar-refractivity contribution >= 4 is 0 Å². The first-order chi connectivity index (χ1) is 9.05. The maximum absolute atomic E-state index is 9.91. The zero-order valence-corrected chi connectivity index (χ0v) is 11.9. The maximum Gasteiger partial charge on any atom is 0.119 e. The van der Waals surface area contributed by atoms with Crippen LogP contribution in [0.4, 0.5) is 0 Å². The van der Waals surface area contributed by atoms with Gasteiger partial charge in [-0.3, -0.25) is 0 Å². The average Bonchev–Trinajstić information content (AvgIpc) is 2.75. The third kappa shape index (κ3) is 4.84. The van der Waals surface area contributed by atoms with Gasteiger partial charge in [-0.25, -0.2) is 0 Å². The minimum Gasteiger partial charge on any atom is -0.491 e. The van der Waals surface area contributed by atoms with Crippen molar-refractivity contribution in [2.45, 2.75) is 45.3 Å². The van der Waals surface area contributed by atoms with Crippen LogP contribution in [-0.4, -0.2) is 30.4 Å². The summed E-state index contributed by atoms with van der Waals surface area (Å²) >= 11 is 0. The van der Waals surface area contributed by atoms with Crippen molar-refractivity contribution in [3.8, 4) is 5.75 Å².